The first-order valence-corrected chi connectivity index (χ1v) is 13.2. The van der Waals surface area contributed by atoms with Crippen molar-refractivity contribution in [3.8, 4) is 11.5 Å². The highest BCUT2D eigenvalue weighted by molar-refractivity contribution is 7.10. The van der Waals surface area contributed by atoms with E-state index in [0.717, 1.165) is 35.0 Å². The Hall–Kier alpha value is -3.78. The van der Waals surface area contributed by atoms with Crippen LogP contribution in [-0.2, 0) is 28.9 Å². The molecule has 1 aliphatic rings. The molecule has 1 atom stereocenters. The number of aromatic nitrogens is 1. The Kier molecular flexibility index (Phi) is 7.19. The van der Waals surface area contributed by atoms with Crippen LogP contribution < -0.4 is 9.47 Å². The second kappa shape index (κ2) is 10.7. The molecular weight excluding hydrogens is 488 g/mol. The van der Waals surface area contributed by atoms with Crippen molar-refractivity contribution in [2.75, 3.05) is 27.4 Å². The number of thiophene rings is 1. The van der Waals surface area contributed by atoms with Crippen LogP contribution in [0.5, 0.6) is 11.5 Å². The molecule has 0 spiro atoms. The lowest BCUT2D eigenvalue weighted by molar-refractivity contribution is -0.142. The molecule has 2 aromatic carbocycles. The Labute approximate surface area is 220 Å². The van der Waals surface area contributed by atoms with E-state index < -0.39 is 5.97 Å². The van der Waals surface area contributed by atoms with Crippen molar-refractivity contribution in [3.63, 3.8) is 0 Å². The van der Waals surface area contributed by atoms with E-state index in [1.807, 2.05) is 41.4 Å². The highest BCUT2D eigenvalue weighted by Gasteiger charge is 2.34. The lowest BCUT2D eigenvalue weighted by atomic mass is 9.94. The summed E-state index contributed by atoms with van der Waals surface area (Å²) in [6, 6.07) is 15.8. The fourth-order valence-electron chi connectivity index (χ4n) is 5.04. The smallest absolute Gasteiger partial charge is 0.343 e. The van der Waals surface area contributed by atoms with Gasteiger partial charge in [-0.05, 0) is 60.5 Å². The maximum absolute atomic E-state index is 14.1. The molecule has 7 nitrogen and oxygen atoms in total. The number of hydrogen-bond donors (Lipinski definition) is 0. The number of amides is 1. The molecule has 3 heterocycles. The quantitative estimate of drug-likeness (QED) is 0.298. The monoisotopic (exact) mass is 518 g/mol. The summed E-state index contributed by atoms with van der Waals surface area (Å²) in [5.41, 5.74) is 4.14. The Morgan fingerprint density at radius 1 is 1.08 bits per heavy atom. The molecule has 0 radical (unpaired) electrons. The van der Waals surface area contributed by atoms with Crippen LogP contribution in [0.15, 0.2) is 60.1 Å². The predicted octanol–water partition coefficient (Wildman–Crippen LogP) is 5.27. The van der Waals surface area contributed by atoms with Crippen LogP contribution in [-0.4, -0.2) is 48.7 Å². The third kappa shape index (κ3) is 4.81. The van der Waals surface area contributed by atoms with Crippen LogP contribution >= 0.6 is 11.3 Å². The van der Waals surface area contributed by atoms with Gasteiger partial charge in [-0.3, -0.25) is 4.79 Å². The van der Waals surface area contributed by atoms with E-state index in [0.29, 0.717) is 24.5 Å². The number of methoxy groups -OCH3 is 2. The number of carbonyl (C=O) groups is 2. The van der Waals surface area contributed by atoms with Crippen LogP contribution in [0, 0.1) is 0 Å². The summed E-state index contributed by atoms with van der Waals surface area (Å²) in [6.07, 6.45) is 3.47. The number of aryl methyl sites for hydroxylation is 1. The van der Waals surface area contributed by atoms with Gasteiger partial charge in [-0.15, -0.1) is 11.3 Å². The summed E-state index contributed by atoms with van der Waals surface area (Å²) in [6.45, 7) is 3.36. The number of nitrogens with zero attached hydrogens (tertiary/aromatic N) is 2. The van der Waals surface area contributed by atoms with E-state index >= 15 is 0 Å². The molecule has 4 aromatic rings. The Balaban J connectivity index is 1.47. The molecule has 0 fully saturated rings. The maximum atomic E-state index is 14.1. The normalized spacial score (nSPS) is 14.9. The van der Waals surface area contributed by atoms with Crippen molar-refractivity contribution in [2.24, 2.45) is 0 Å². The van der Waals surface area contributed by atoms with Crippen molar-refractivity contribution >= 4 is 34.1 Å². The molecular formula is C29H30N2O5S. The highest BCUT2D eigenvalue weighted by atomic mass is 32.1. The van der Waals surface area contributed by atoms with Crippen molar-refractivity contribution in [3.05, 3.63) is 81.7 Å². The van der Waals surface area contributed by atoms with E-state index in [-0.39, 0.29) is 18.6 Å². The van der Waals surface area contributed by atoms with Gasteiger partial charge in [0.1, 0.15) is 0 Å². The zero-order chi connectivity index (χ0) is 25.9. The fourth-order valence-corrected chi connectivity index (χ4v) is 6.11. The minimum absolute atomic E-state index is 0.0532. The number of para-hydroxylation sites is 1. The van der Waals surface area contributed by atoms with Crippen molar-refractivity contribution in [1.29, 1.82) is 0 Å². The molecule has 1 unspecified atom stereocenters. The Morgan fingerprint density at radius 3 is 2.70 bits per heavy atom. The van der Waals surface area contributed by atoms with Gasteiger partial charge < -0.3 is 23.7 Å². The summed E-state index contributed by atoms with van der Waals surface area (Å²) in [5, 5.41) is 3.10. The number of rotatable bonds is 8. The van der Waals surface area contributed by atoms with Crippen LogP contribution in [0.4, 0.5) is 0 Å². The third-order valence-corrected chi connectivity index (χ3v) is 7.99. The average Bonchev–Trinajstić information content (AvgIpc) is 3.57. The largest absolute Gasteiger partial charge is 0.493 e. The second-order valence-electron chi connectivity index (χ2n) is 8.97. The van der Waals surface area contributed by atoms with Gasteiger partial charge in [0.15, 0.2) is 18.1 Å². The molecule has 0 saturated heterocycles. The summed E-state index contributed by atoms with van der Waals surface area (Å²) in [4.78, 5) is 28.8. The Bertz CT molecular complexity index is 1440. The number of benzene rings is 2. The second-order valence-corrected chi connectivity index (χ2v) is 9.92. The SMILES string of the molecule is CCn1cc(C(=O)N2CCc3ccsc3C2Cc2ccc(OCC(=O)OC)c(OC)c2)c2ccccc21. The van der Waals surface area contributed by atoms with E-state index in [4.69, 9.17) is 9.47 Å². The van der Waals surface area contributed by atoms with E-state index in [9.17, 15) is 9.59 Å². The minimum Gasteiger partial charge on any atom is -0.493 e. The van der Waals surface area contributed by atoms with Gasteiger partial charge in [-0.2, -0.15) is 0 Å². The third-order valence-electron chi connectivity index (χ3n) is 6.93. The first kappa shape index (κ1) is 24.9. The molecule has 0 saturated carbocycles. The molecule has 192 valence electrons. The standard InChI is InChI=1S/C29H30N2O5S/c1-4-30-17-22(21-7-5-6-8-23(21)30)29(33)31-13-11-20-12-14-37-28(20)24(31)15-19-9-10-25(26(16-19)34-2)36-18-27(32)35-3/h5-10,12,14,16-17,24H,4,11,13,15,18H2,1-3H3. The van der Waals surface area contributed by atoms with Crippen molar-refractivity contribution in [1.82, 2.24) is 9.47 Å². The number of ether oxygens (including phenoxy) is 3. The molecule has 1 aliphatic heterocycles. The van der Waals surface area contributed by atoms with E-state index in [1.54, 1.807) is 24.5 Å². The van der Waals surface area contributed by atoms with Crippen LogP contribution in [0.3, 0.4) is 0 Å². The molecule has 37 heavy (non-hydrogen) atoms. The molecule has 0 N–H and O–H groups in total. The summed E-state index contributed by atoms with van der Waals surface area (Å²) in [7, 11) is 2.89. The molecule has 8 heteroatoms. The Morgan fingerprint density at radius 2 is 1.92 bits per heavy atom. The lowest BCUT2D eigenvalue weighted by Crippen LogP contribution is -2.40. The maximum Gasteiger partial charge on any atom is 0.343 e. The fraction of sp³-hybridized carbons (Fsp3) is 0.310. The highest BCUT2D eigenvalue weighted by Crippen LogP contribution is 2.39. The number of carbonyl (C=O) groups excluding carboxylic acids is 2. The molecule has 0 aliphatic carbocycles. The van der Waals surface area contributed by atoms with Crippen LogP contribution in [0.1, 0.15) is 39.3 Å². The van der Waals surface area contributed by atoms with Crippen molar-refractivity contribution < 1.29 is 23.8 Å². The summed E-state index contributed by atoms with van der Waals surface area (Å²) in [5.74, 6) is 0.597. The lowest BCUT2D eigenvalue weighted by Gasteiger charge is -2.36. The summed E-state index contributed by atoms with van der Waals surface area (Å²) < 4.78 is 17.9. The van der Waals surface area contributed by atoms with Gasteiger partial charge in [0.25, 0.3) is 5.91 Å². The number of esters is 1. The molecule has 1 amide bonds. The zero-order valence-corrected chi connectivity index (χ0v) is 22.0. The van der Waals surface area contributed by atoms with Gasteiger partial charge in [0, 0.05) is 35.1 Å². The number of fused-ring (bicyclic) bond motifs is 2. The van der Waals surface area contributed by atoms with Gasteiger partial charge in [0.2, 0.25) is 0 Å². The topological polar surface area (TPSA) is 70.0 Å². The minimum atomic E-state index is -0.461. The van der Waals surface area contributed by atoms with Crippen LogP contribution in [0.25, 0.3) is 10.9 Å². The summed E-state index contributed by atoms with van der Waals surface area (Å²) >= 11 is 1.70. The zero-order valence-electron chi connectivity index (χ0n) is 21.2. The van der Waals surface area contributed by atoms with Crippen molar-refractivity contribution in [2.45, 2.75) is 32.4 Å². The number of hydrogen-bond acceptors (Lipinski definition) is 6. The van der Waals surface area contributed by atoms with Gasteiger partial charge in [-0.25, -0.2) is 4.79 Å². The molecule has 5 rings (SSSR count). The average molecular weight is 519 g/mol. The molecule has 2 aromatic heterocycles. The van der Waals surface area contributed by atoms with Gasteiger partial charge in [0.05, 0.1) is 25.8 Å². The predicted molar refractivity (Wildman–Crippen MR) is 144 cm³/mol. The van der Waals surface area contributed by atoms with Crippen LogP contribution in [0.2, 0.25) is 0 Å². The van der Waals surface area contributed by atoms with E-state index in [1.165, 1.54) is 17.6 Å². The molecule has 0 bridgehead atoms. The van der Waals surface area contributed by atoms with E-state index in [2.05, 4.69) is 33.7 Å². The first-order valence-electron chi connectivity index (χ1n) is 12.4. The van der Waals surface area contributed by atoms with Gasteiger partial charge in [-0.1, -0.05) is 24.3 Å². The van der Waals surface area contributed by atoms with Gasteiger partial charge >= 0.3 is 5.97 Å². The first-order chi connectivity index (χ1) is 18.0.